The maximum absolute atomic E-state index is 5.59. The molecule has 0 aliphatic carbocycles. The fraction of sp³-hybridized carbons (Fsp3) is 0.538. The Kier molecular flexibility index (Phi) is 4.97. The fourth-order valence-electron chi connectivity index (χ4n) is 2.00. The van der Waals surface area contributed by atoms with Crippen LogP contribution in [0.2, 0.25) is 0 Å². The second kappa shape index (κ2) is 6.94. The molecule has 6 heteroatoms. The van der Waals surface area contributed by atoms with Gasteiger partial charge in [-0.25, -0.2) is 9.97 Å². The van der Waals surface area contributed by atoms with E-state index in [0.717, 1.165) is 32.2 Å². The van der Waals surface area contributed by atoms with Gasteiger partial charge in [-0.1, -0.05) is 18.5 Å². The average molecular weight is 261 g/mol. The molecule has 6 nitrogen and oxygen atoms in total. The topological polar surface area (TPSA) is 90.7 Å². The van der Waals surface area contributed by atoms with Crippen molar-refractivity contribution in [2.45, 2.75) is 32.6 Å². The summed E-state index contributed by atoms with van der Waals surface area (Å²) < 4.78 is 5.24. The Morgan fingerprint density at radius 3 is 2.95 bits per heavy atom. The van der Waals surface area contributed by atoms with Crippen LogP contribution in [0.3, 0.4) is 0 Å². The van der Waals surface area contributed by atoms with Crippen molar-refractivity contribution in [2.75, 3.05) is 6.54 Å². The molecule has 1 atom stereocenters. The SMILES string of the molecule is CCC(CCN)CCc1nc(-c2ccncn2)no1. The summed E-state index contributed by atoms with van der Waals surface area (Å²) >= 11 is 0. The number of rotatable bonds is 7. The Morgan fingerprint density at radius 2 is 2.26 bits per heavy atom. The van der Waals surface area contributed by atoms with E-state index in [0.29, 0.717) is 23.3 Å². The first kappa shape index (κ1) is 13.6. The first-order chi connectivity index (χ1) is 9.33. The van der Waals surface area contributed by atoms with E-state index < -0.39 is 0 Å². The van der Waals surface area contributed by atoms with Crippen molar-refractivity contribution in [2.24, 2.45) is 11.7 Å². The summed E-state index contributed by atoms with van der Waals surface area (Å²) in [5, 5.41) is 3.94. The first-order valence-corrected chi connectivity index (χ1v) is 6.62. The van der Waals surface area contributed by atoms with E-state index in [1.807, 2.05) is 0 Å². The van der Waals surface area contributed by atoms with Crippen LogP contribution in [0, 0.1) is 5.92 Å². The van der Waals surface area contributed by atoms with Crippen LogP contribution in [0.5, 0.6) is 0 Å². The quantitative estimate of drug-likeness (QED) is 0.817. The van der Waals surface area contributed by atoms with Gasteiger partial charge in [-0.3, -0.25) is 0 Å². The van der Waals surface area contributed by atoms with Gasteiger partial charge >= 0.3 is 0 Å². The van der Waals surface area contributed by atoms with Gasteiger partial charge in [-0.15, -0.1) is 0 Å². The Labute approximate surface area is 112 Å². The summed E-state index contributed by atoms with van der Waals surface area (Å²) in [6.45, 7) is 2.91. The van der Waals surface area contributed by atoms with Crippen LogP contribution in [-0.4, -0.2) is 26.7 Å². The Balaban J connectivity index is 1.94. The Bertz CT molecular complexity index is 485. The third-order valence-electron chi connectivity index (χ3n) is 3.20. The number of aromatic nitrogens is 4. The van der Waals surface area contributed by atoms with Crippen molar-refractivity contribution in [3.63, 3.8) is 0 Å². The Hall–Kier alpha value is -1.82. The van der Waals surface area contributed by atoms with Crippen molar-refractivity contribution < 1.29 is 4.52 Å². The molecule has 102 valence electrons. The standard InChI is InChI=1S/C13H19N5O/c1-2-10(5-7-14)3-4-12-17-13(18-19-12)11-6-8-15-9-16-11/h6,8-10H,2-5,7,14H2,1H3. The molecule has 0 aromatic carbocycles. The second-order valence-corrected chi connectivity index (χ2v) is 4.50. The lowest BCUT2D eigenvalue weighted by Gasteiger charge is -2.11. The smallest absolute Gasteiger partial charge is 0.227 e. The number of aryl methyl sites for hydroxylation is 1. The van der Waals surface area contributed by atoms with Gasteiger partial charge in [0.25, 0.3) is 0 Å². The third-order valence-corrected chi connectivity index (χ3v) is 3.20. The van der Waals surface area contributed by atoms with E-state index in [1.165, 1.54) is 6.33 Å². The van der Waals surface area contributed by atoms with Crippen molar-refractivity contribution >= 4 is 0 Å². The third kappa shape index (κ3) is 3.82. The predicted octanol–water partition coefficient (Wildman–Crippen LogP) is 1.83. The highest BCUT2D eigenvalue weighted by molar-refractivity contribution is 5.46. The molecule has 0 fully saturated rings. The highest BCUT2D eigenvalue weighted by Crippen LogP contribution is 2.17. The maximum atomic E-state index is 5.59. The molecular formula is C13H19N5O. The Morgan fingerprint density at radius 1 is 1.37 bits per heavy atom. The van der Waals surface area contributed by atoms with Crippen LogP contribution in [0.4, 0.5) is 0 Å². The van der Waals surface area contributed by atoms with E-state index >= 15 is 0 Å². The maximum Gasteiger partial charge on any atom is 0.227 e. The summed E-state index contributed by atoms with van der Waals surface area (Å²) in [6.07, 6.45) is 7.12. The molecule has 2 aromatic rings. The van der Waals surface area contributed by atoms with Gasteiger partial charge in [-0.2, -0.15) is 4.98 Å². The monoisotopic (exact) mass is 261 g/mol. The number of nitrogens with two attached hydrogens (primary N) is 1. The molecule has 19 heavy (non-hydrogen) atoms. The van der Waals surface area contributed by atoms with Gasteiger partial charge < -0.3 is 10.3 Å². The first-order valence-electron chi connectivity index (χ1n) is 6.62. The number of nitrogens with zero attached hydrogens (tertiary/aromatic N) is 4. The molecule has 0 saturated carbocycles. The van der Waals surface area contributed by atoms with Crippen molar-refractivity contribution in [3.05, 3.63) is 24.5 Å². The molecular weight excluding hydrogens is 242 g/mol. The molecule has 2 rings (SSSR count). The van der Waals surface area contributed by atoms with Crippen molar-refractivity contribution in [3.8, 4) is 11.5 Å². The minimum Gasteiger partial charge on any atom is -0.339 e. The molecule has 0 spiro atoms. The molecule has 0 amide bonds. The van der Waals surface area contributed by atoms with Gasteiger partial charge in [-0.05, 0) is 31.4 Å². The number of hydrogen-bond donors (Lipinski definition) is 1. The van der Waals surface area contributed by atoms with Crippen LogP contribution in [-0.2, 0) is 6.42 Å². The van der Waals surface area contributed by atoms with E-state index in [2.05, 4.69) is 27.0 Å². The summed E-state index contributed by atoms with van der Waals surface area (Å²) in [5.74, 6) is 1.80. The average Bonchev–Trinajstić information content (AvgIpc) is 2.93. The summed E-state index contributed by atoms with van der Waals surface area (Å²) in [6, 6.07) is 1.76. The number of hydrogen-bond acceptors (Lipinski definition) is 6. The van der Waals surface area contributed by atoms with Crippen molar-refractivity contribution in [1.82, 2.24) is 20.1 Å². The summed E-state index contributed by atoms with van der Waals surface area (Å²) in [7, 11) is 0. The van der Waals surface area contributed by atoms with Crippen LogP contribution in [0.15, 0.2) is 23.1 Å². The zero-order chi connectivity index (χ0) is 13.5. The molecule has 2 aromatic heterocycles. The van der Waals surface area contributed by atoms with Crippen LogP contribution >= 0.6 is 0 Å². The molecule has 0 aliphatic rings. The van der Waals surface area contributed by atoms with Gasteiger partial charge in [0.05, 0.1) is 0 Å². The largest absolute Gasteiger partial charge is 0.339 e. The molecule has 2 heterocycles. The minimum atomic E-state index is 0.518. The highest BCUT2D eigenvalue weighted by atomic mass is 16.5. The summed E-state index contributed by atoms with van der Waals surface area (Å²) in [4.78, 5) is 12.3. The zero-order valence-electron chi connectivity index (χ0n) is 11.1. The molecule has 0 aliphatic heterocycles. The summed E-state index contributed by atoms with van der Waals surface area (Å²) in [5.41, 5.74) is 6.27. The van der Waals surface area contributed by atoms with E-state index in [4.69, 9.17) is 10.3 Å². The minimum absolute atomic E-state index is 0.518. The lowest BCUT2D eigenvalue weighted by atomic mass is 9.97. The molecule has 0 saturated heterocycles. The van der Waals surface area contributed by atoms with Crippen molar-refractivity contribution in [1.29, 1.82) is 0 Å². The van der Waals surface area contributed by atoms with Crippen LogP contribution in [0.25, 0.3) is 11.5 Å². The zero-order valence-corrected chi connectivity index (χ0v) is 11.1. The van der Waals surface area contributed by atoms with Gasteiger partial charge in [0.2, 0.25) is 11.7 Å². The molecule has 1 unspecified atom stereocenters. The van der Waals surface area contributed by atoms with E-state index in [-0.39, 0.29) is 0 Å². The van der Waals surface area contributed by atoms with Gasteiger partial charge in [0, 0.05) is 12.6 Å². The molecule has 2 N–H and O–H groups in total. The molecule has 0 radical (unpaired) electrons. The molecule has 0 bridgehead atoms. The van der Waals surface area contributed by atoms with E-state index in [1.54, 1.807) is 12.3 Å². The predicted molar refractivity (Wildman–Crippen MR) is 71.1 cm³/mol. The van der Waals surface area contributed by atoms with Gasteiger partial charge in [0.1, 0.15) is 12.0 Å². The van der Waals surface area contributed by atoms with Crippen LogP contribution in [0.1, 0.15) is 32.1 Å². The van der Waals surface area contributed by atoms with Gasteiger partial charge in [0.15, 0.2) is 0 Å². The van der Waals surface area contributed by atoms with E-state index in [9.17, 15) is 0 Å². The lowest BCUT2D eigenvalue weighted by Crippen LogP contribution is -2.09. The van der Waals surface area contributed by atoms with Crippen LogP contribution < -0.4 is 5.73 Å². The normalized spacial score (nSPS) is 12.5. The highest BCUT2D eigenvalue weighted by Gasteiger charge is 2.12. The fourth-order valence-corrected chi connectivity index (χ4v) is 2.00. The second-order valence-electron chi connectivity index (χ2n) is 4.50. The lowest BCUT2D eigenvalue weighted by molar-refractivity contribution is 0.354.